The molecule has 0 bridgehead atoms. The smallest absolute Gasteiger partial charge is 0.220 e. The van der Waals surface area contributed by atoms with Crippen molar-refractivity contribution in [3.63, 3.8) is 0 Å². The molecule has 0 fully saturated rings. The number of halogens is 2. The Kier molecular flexibility index (Phi) is 6.42. The first-order valence-corrected chi connectivity index (χ1v) is 6.31. The molecule has 0 unspecified atom stereocenters. The topological polar surface area (TPSA) is 38.3 Å². The molecule has 1 N–H and O–H groups in total. The SMILES string of the molecule is CC[C@@H](NC(=O)CCCOC)c1ccc(F)cc1F. The lowest BCUT2D eigenvalue weighted by molar-refractivity contribution is -0.122. The molecule has 0 aromatic heterocycles. The van der Waals surface area contributed by atoms with Gasteiger partial charge in [-0.2, -0.15) is 0 Å². The summed E-state index contributed by atoms with van der Waals surface area (Å²) in [5, 5.41) is 2.75. The predicted octanol–water partition coefficient (Wildman–Crippen LogP) is 2.96. The normalized spacial score (nSPS) is 12.2. The average molecular weight is 271 g/mol. The van der Waals surface area contributed by atoms with Crippen molar-refractivity contribution in [2.24, 2.45) is 0 Å². The summed E-state index contributed by atoms with van der Waals surface area (Å²) in [5.74, 6) is -1.42. The van der Waals surface area contributed by atoms with Crippen molar-refractivity contribution in [3.8, 4) is 0 Å². The van der Waals surface area contributed by atoms with Gasteiger partial charge in [-0.25, -0.2) is 8.78 Å². The molecular weight excluding hydrogens is 252 g/mol. The van der Waals surface area contributed by atoms with Crippen LogP contribution in [0.5, 0.6) is 0 Å². The van der Waals surface area contributed by atoms with Crippen LogP contribution < -0.4 is 5.32 Å². The second-order valence-electron chi connectivity index (χ2n) is 4.29. The quantitative estimate of drug-likeness (QED) is 0.774. The van der Waals surface area contributed by atoms with Crippen molar-refractivity contribution in [2.75, 3.05) is 13.7 Å². The van der Waals surface area contributed by atoms with Crippen molar-refractivity contribution in [3.05, 3.63) is 35.4 Å². The van der Waals surface area contributed by atoms with Crippen LogP contribution >= 0.6 is 0 Å². The lowest BCUT2D eigenvalue weighted by Crippen LogP contribution is -2.28. The van der Waals surface area contributed by atoms with Gasteiger partial charge in [0.05, 0.1) is 6.04 Å². The van der Waals surface area contributed by atoms with Gasteiger partial charge in [0.25, 0.3) is 0 Å². The Morgan fingerprint density at radius 1 is 1.42 bits per heavy atom. The van der Waals surface area contributed by atoms with Crippen molar-refractivity contribution in [1.82, 2.24) is 5.32 Å². The van der Waals surface area contributed by atoms with Crippen LogP contribution in [-0.4, -0.2) is 19.6 Å². The number of carbonyl (C=O) groups is 1. The van der Waals surface area contributed by atoms with Crippen molar-refractivity contribution < 1.29 is 18.3 Å². The molecule has 0 heterocycles. The summed E-state index contributed by atoms with van der Waals surface area (Å²) in [5.41, 5.74) is 0.309. The standard InChI is InChI=1S/C14H19F2NO2/c1-3-13(17-14(18)5-4-8-19-2)11-7-6-10(15)9-12(11)16/h6-7,9,13H,3-5,8H2,1-2H3,(H,17,18)/t13-/m1/s1. The Hall–Kier alpha value is -1.49. The molecule has 0 aliphatic rings. The molecule has 0 radical (unpaired) electrons. The van der Waals surface area contributed by atoms with E-state index in [1.807, 2.05) is 6.92 Å². The number of benzene rings is 1. The Bertz CT molecular complexity index is 424. The first-order chi connectivity index (χ1) is 9.08. The Morgan fingerprint density at radius 3 is 2.74 bits per heavy atom. The first kappa shape index (κ1) is 15.6. The van der Waals surface area contributed by atoms with E-state index in [-0.39, 0.29) is 5.91 Å². The molecule has 3 nitrogen and oxygen atoms in total. The molecule has 19 heavy (non-hydrogen) atoms. The number of amides is 1. The van der Waals surface area contributed by atoms with Crippen molar-refractivity contribution in [2.45, 2.75) is 32.2 Å². The van der Waals surface area contributed by atoms with E-state index in [2.05, 4.69) is 5.32 Å². The third-order valence-electron chi connectivity index (χ3n) is 2.83. The van der Waals surface area contributed by atoms with Crippen LogP contribution in [0.1, 0.15) is 37.8 Å². The summed E-state index contributed by atoms with van der Waals surface area (Å²) >= 11 is 0. The second-order valence-corrected chi connectivity index (χ2v) is 4.29. The van der Waals surface area contributed by atoms with Crippen LogP contribution in [0.2, 0.25) is 0 Å². The summed E-state index contributed by atoms with van der Waals surface area (Å²) in [6.07, 6.45) is 1.48. The van der Waals surface area contributed by atoms with E-state index in [9.17, 15) is 13.6 Å². The summed E-state index contributed by atoms with van der Waals surface area (Å²) in [6.45, 7) is 2.35. The van der Waals surface area contributed by atoms with Gasteiger partial charge in [0.1, 0.15) is 11.6 Å². The zero-order chi connectivity index (χ0) is 14.3. The maximum absolute atomic E-state index is 13.6. The van der Waals surface area contributed by atoms with E-state index < -0.39 is 17.7 Å². The highest BCUT2D eigenvalue weighted by Gasteiger charge is 2.16. The van der Waals surface area contributed by atoms with E-state index in [1.54, 1.807) is 7.11 Å². The van der Waals surface area contributed by atoms with Gasteiger partial charge in [0, 0.05) is 31.8 Å². The maximum atomic E-state index is 13.6. The van der Waals surface area contributed by atoms with Gasteiger partial charge in [0.2, 0.25) is 5.91 Å². The lowest BCUT2D eigenvalue weighted by Gasteiger charge is -2.18. The van der Waals surface area contributed by atoms with Gasteiger partial charge >= 0.3 is 0 Å². The fourth-order valence-electron chi connectivity index (χ4n) is 1.83. The van der Waals surface area contributed by atoms with Gasteiger partial charge in [-0.05, 0) is 18.9 Å². The molecule has 0 saturated carbocycles. The van der Waals surface area contributed by atoms with Gasteiger partial charge < -0.3 is 10.1 Å². The van der Waals surface area contributed by atoms with Gasteiger partial charge in [-0.3, -0.25) is 4.79 Å². The molecule has 0 spiro atoms. The maximum Gasteiger partial charge on any atom is 0.220 e. The zero-order valence-electron chi connectivity index (χ0n) is 11.2. The molecule has 1 rings (SSSR count). The van der Waals surface area contributed by atoms with Gasteiger partial charge in [0.15, 0.2) is 0 Å². The minimum atomic E-state index is -0.635. The van der Waals surface area contributed by atoms with E-state index in [0.29, 0.717) is 31.4 Å². The number of methoxy groups -OCH3 is 1. The highest BCUT2D eigenvalue weighted by molar-refractivity contribution is 5.76. The number of ether oxygens (including phenoxy) is 1. The average Bonchev–Trinajstić information content (AvgIpc) is 2.37. The molecule has 1 aromatic carbocycles. The van der Waals surface area contributed by atoms with Gasteiger partial charge in [-0.1, -0.05) is 13.0 Å². The van der Waals surface area contributed by atoms with Crippen molar-refractivity contribution >= 4 is 5.91 Å². The molecule has 0 saturated heterocycles. The van der Waals surface area contributed by atoms with E-state index in [0.717, 1.165) is 6.07 Å². The molecule has 0 aliphatic carbocycles. The Labute approximate surface area is 112 Å². The molecule has 0 aliphatic heterocycles. The molecule has 1 atom stereocenters. The van der Waals surface area contributed by atoms with E-state index >= 15 is 0 Å². The monoisotopic (exact) mass is 271 g/mol. The number of hydrogen-bond donors (Lipinski definition) is 1. The van der Waals surface area contributed by atoms with Crippen LogP contribution in [0.4, 0.5) is 8.78 Å². The predicted molar refractivity (Wildman–Crippen MR) is 68.6 cm³/mol. The molecule has 1 aromatic rings. The van der Waals surface area contributed by atoms with Crippen molar-refractivity contribution in [1.29, 1.82) is 0 Å². The fraction of sp³-hybridized carbons (Fsp3) is 0.500. The number of carbonyl (C=O) groups excluding carboxylic acids is 1. The number of rotatable bonds is 7. The van der Waals surface area contributed by atoms with Crippen LogP contribution in [-0.2, 0) is 9.53 Å². The first-order valence-electron chi connectivity index (χ1n) is 6.31. The van der Waals surface area contributed by atoms with Crippen LogP contribution in [0.15, 0.2) is 18.2 Å². The summed E-state index contributed by atoms with van der Waals surface area (Å²) < 4.78 is 31.3. The fourth-order valence-corrected chi connectivity index (χ4v) is 1.83. The summed E-state index contributed by atoms with van der Waals surface area (Å²) in [6, 6.07) is 2.96. The van der Waals surface area contributed by atoms with Crippen LogP contribution in [0.3, 0.4) is 0 Å². The highest BCUT2D eigenvalue weighted by Crippen LogP contribution is 2.21. The molecule has 1 amide bonds. The Morgan fingerprint density at radius 2 is 2.16 bits per heavy atom. The molecule has 106 valence electrons. The van der Waals surface area contributed by atoms with E-state index in [4.69, 9.17) is 4.74 Å². The Balaban J connectivity index is 2.64. The lowest BCUT2D eigenvalue weighted by atomic mass is 10.0. The minimum Gasteiger partial charge on any atom is -0.385 e. The van der Waals surface area contributed by atoms with Crippen LogP contribution in [0, 0.1) is 11.6 Å². The number of hydrogen-bond acceptors (Lipinski definition) is 2. The second kappa shape index (κ2) is 7.84. The van der Waals surface area contributed by atoms with E-state index in [1.165, 1.54) is 12.1 Å². The molecular formula is C14H19F2NO2. The largest absolute Gasteiger partial charge is 0.385 e. The summed E-state index contributed by atoms with van der Waals surface area (Å²) in [4.78, 5) is 11.7. The third-order valence-corrected chi connectivity index (χ3v) is 2.83. The highest BCUT2D eigenvalue weighted by atomic mass is 19.1. The third kappa shape index (κ3) is 4.95. The molecule has 5 heteroatoms. The minimum absolute atomic E-state index is 0.160. The zero-order valence-corrected chi connectivity index (χ0v) is 11.2. The van der Waals surface area contributed by atoms with Crippen LogP contribution in [0.25, 0.3) is 0 Å². The van der Waals surface area contributed by atoms with Gasteiger partial charge in [-0.15, -0.1) is 0 Å². The number of nitrogens with one attached hydrogen (secondary N) is 1. The summed E-state index contributed by atoms with van der Waals surface area (Å²) in [7, 11) is 1.57.